The summed E-state index contributed by atoms with van der Waals surface area (Å²) in [4.78, 5) is 1.13. The lowest BCUT2D eigenvalue weighted by Crippen LogP contribution is -2.01. The minimum absolute atomic E-state index is 0.543. The maximum Gasteiger partial charge on any atom is 0.0898 e. The molecule has 1 N–H and O–H groups in total. The summed E-state index contributed by atoms with van der Waals surface area (Å²) >= 11 is 13.6. The summed E-state index contributed by atoms with van der Waals surface area (Å²) in [6, 6.07) is 13.3. The van der Waals surface area contributed by atoms with Crippen molar-refractivity contribution in [3.63, 3.8) is 0 Å². The smallest absolute Gasteiger partial charge is 0.0898 e. The van der Waals surface area contributed by atoms with E-state index in [1.165, 1.54) is 5.56 Å². The van der Waals surface area contributed by atoms with E-state index >= 15 is 0 Å². The average molecular weight is 313 g/mol. The van der Waals surface area contributed by atoms with Crippen LogP contribution < -0.4 is 0 Å². The molecule has 0 aliphatic heterocycles. The number of benzene rings is 2. The molecule has 19 heavy (non-hydrogen) atoms. The van der Waals surface area contributed by atoms with Gasteiger partial charge in [0.1, 0.15) is 0 Å². The Hall–Kier alpha value is -0.670. The summed E-state index contributed by atoms with van der Waals surface area (Å²) in [5.74, 6) is 0.545. The second-order valence-corrected chi connectivity index (χ2v) is 6.24. The van der Waals surface area contributed by atoms with Crippen LogP contribution in [0.2, 0.25) is 10.0 Å². The van der Waals surface area contributed by atoms with Crippen LogP contribution in [0.25, 0.3) is 0 Å². The Morgan fingerprint density at radius 1 is 1.11 bits per heavy atom. The van der Waals surface area contributed by atoms with Gasteiger partial charge < -0.3 is 5.11 Å². The van der Waals surface area contributed by atoms with Crippen LogP contribution in [0.3, 0.4) is 0 Å². The number of aryl methyl sites for hydroxylation is 1. The highest BCUT2D eigenvalue weighted by Gasteiger charge is 2.12. The molecule has 1 unspecified atom stereocenters. The van der Waals surface area contributed by atoms with Gasteiger partial charge in [-0.25, -0.2) is 0 Å². The number of hydrogen-bond acceptors (Lipinski definition) is 2. The zero-order valence-corrected chi connectivity index (χ0v) is 12.8. The average Bonchev–Trinajstić information content (AvgIpc) is 2.40. The van der Waals surface area contributed by atoms with Crippen LogP contribution >= 0.6 is 35.0 Å². The van der Waals surface area contributed by atoms with Crippen LogP contribution in [0.5, 0.6) is 0 Å². The summed E-state index contributed by atoms with van der Waals surface area (Å²) in [6.45, 7) is 2.05. The molecule has 0 aromatic heterocycles. The summed E-state index contributed by atoms with van der Waals surface area (Å²) in [7, 11) is 0. The minimum Gasteiger partial charge on any atom is -0.387 e. The fraction of sp³-hybridized carbons (Fsp3) is 0.200. The standard InChI is InChI=1S/C15H14Cl2OS/c1-10-2-5-12(6-3-10)19-9-15(18)13-8-11(16)4-7-14(13)17/h2-8,15,18H,9H2,1H3. The number of aliphatic hydroxyl groups excluding tert-OH is 1. The van der Waals surface area contributed by atoms with Crippen LogP contribution in [0.1, 0.15) is 17.2 Å². The quantitative estimate of drug-likeness (QED) is 0.790. The molecule has 2 rings (SSSR count). The molecule has 0 aliphatic carbocycles. The second-order valence-electron chi connectivity index (χ2n) is 4.31. The molecule has 4 heteroatoms. The van der Waals surface area contributed by atoms with E-state index in [4.69, 9.17) is 23.2 Å². The molecule has 0 spiro atoms. The number of rotatable bonds is 4. The highest BCUT2D eigenvalue weighted by molar-refractivity contribution is 7.99. The van der Waals surface area contributed by atoms with Gasteiger partial charge in [0.25, 0.3) is 0 Å². The Morgan fingerprint density at radius 3 is 2.47 bits per heavy atom. The van der Waals surface area contributed by atoms with Gasteiger partial charge in [-0.05, 0) is 37.3 Å². The molecule has 1 atom stereocenters. The van der Waals surface area contributed by atoms with Gasteiger partial charge in [-0.3, -0.25) is 0 Å². The van der Waals surface area contributed by atoms with Gasteiger partial charge >= 0.3 is 0 Å². The molecule has 0 aliphatic rings. The first kappa shape index (κ1) is 14.7. The van der Waals surface area contributed by atoms with Crippen molar-refractivity contribution in [3.05, 3.63) is 63.6 Å². The zero-order valence-electron chi connectivity index (χ0n) is 10.4. The van der Waals surface area contributed by atoms with Gasteiger partial charge in [0, 0.05) is 26.3 Å². The van der Waals surface area contributed by atoms with E-state index < -0.39 is 6.10 Å². The van der Waals surface area contributed by atoms with Crippen molar-refractivity contribution >= 4 is 35.0 Å². The molecule has 2 aromatic carbocycles. The predicted molar refractivity (Wildman–Crippen MR) is 83.3 cm³/mol. The normalized spacial score (nSPS) is 12.4. The third-order valence-electron chi connectivity index (χ3n) is 2.75. The molecular formula is C15H14Cl2OS. The van der Waals surface area contributed by atoms with E-state index in [2.05, 4.69) is 19.1 Å². The number of halogens is 2. The lowest BCUT2D eigenvalue weighted by molar-refractivity contribution is 0.204. The molecule has 0 bridgehead atoms. The maximum absolute atomic E-state index is 10.2. The van der Waals surface area contributed by atoms with Gasteiger partial charge in [-0.2, -0.15) is 0 Å². The SMILES string of the molecule is Cc1ccc(SCC(O)c2cc(Cl)ccc2Cl)cc1. The molecule has 2 aromatic rings. The first-order valence-corrected chi connectivity index (χ1v) is 7.63. The van der Waals surface area contributed by atoms with Crippen LogP contribution in [-0.4, -0.2) is 10.9 Å². The topological polar surface area (TPSA) is 20.2 Å². The molecular weight excluding hydrogens is 299 g/mol. The Bertz CT molecular complexity index is 555. The van der Waals surface area contributed by atoms with Crippen molar-refractivity contribution in [2.45, 2.75) is 17.9 Å². The second kappa shape index (κ2) is 6.67. The van der Waals surface area contributed by atoms with Crippen LogP contribution in [0.15, 0.2) is 47.4 Å². The van der Waals surface area contributed by atoms with Crippen molar-refractivity contribution in [1.82, 2.24) is 0 Å². The van der Waals surface area contributed by atoms with E-state index in [1.54, 1.807) is 30.0 Å². The largest absolute Gasteiger partial charge is 0.387 e. The molecule has 0 saturated carbocycles. The highest BCUT2D eigenvalue weighted by Crippen LogP contribution is 2.30. The molecule has 0 heterocycles. The Kier molecular flexibility index (Phi) is 5.17. The predicted octanol–water partition coefficient (Wildman–Crippen LogP) is 5.13. The molecule has 1 nitrogen and oxygen atoms in total. The first-order valence-electron chi connectivity index (χ1n) is 5.89. The van der Waals surface area contributed by atoms with Gasteiger partial charge in [-0.1, -0.05) is 40.9 Å². The molecule has 0 saturated heterocycles. The third-order valence-corrected chi connectivity index (χ3v) is 4.41. The van der Waals surface area contributed by atoms with E-state index in [-0.39, 0.29) is 0 Å². The van der Waals surface area contributed by atoms with Gasteiger partial charge in [0.2, 0.25) is 0 Å². The van der Waals surface area contributed by atoms with E-state index in [1.807, 2.05) is 12.1 Å². The van der Waals surface area contributed by atoms with E-state index in [0.717, 1.165) is 4.90 Å². The number of hydrogen-bond donors (Lipinski definition) is 1. The highest BCUT2D eigenvalue weighted by atomic mass is 35.5. The molecule has 0 radical (unpaired) electrons. The van der Waals surface area contributed by atoms with Crippen LogP contribution in [0, 0.1) is 6.92 Å². The molecule has 0 amide bonds. The van der Waals surface area contributed by atoms with Gasteiger partial charge in [0.15, 0.2) is 0 Å². The van der Waals surface area contributed by atoms with Crippen molar-refractivity contribution in [2.24, 2.45) is 0 Å². The molecule has 100 valence electrons. The van der Waals surface area contributed by atoms with E-state index in [9.17, 15) is 5.11 Å². The fourth-order valence-corrected chi connectivity index (χ4v) is 2.95. The van der Waals surface area contributed by atoms with Crippen molar-refractivity contribution in [1.29, 1.82) is 0 Å². The fourth-order valence-electron chi connectivity index (χ4n) is 1.67. The zero-order chi connectivity index (χ0) is 13.8. The van der Waals surface area contributed by atoms with Gasteiger partial charge in [-0.15, -0.1) is 11.8 Å². The summed E-state index contributed by atoms with van der Waals surface area (Å²) in [5, 5.41) is 11.3. The van der Waals surface area contributed by atoms with Crippen molar-refractivity contribution in [2.75, 3.05) is 5.75 Å². The third kappa shape index (κ3) is 4.15. The monoisotopic (exact) mass is 312 g/mol. The van der Waals surface area contributed by atoms with Crippen molar-refractivity contribution in [3.8, 4) is 0 Å². The number of thioether (sulfide) groups is 1. The van der Waals surface area contributed by atoms with Gasteiger partial charge in [0.05, 0.1) is 6.10 Å². The maximum atomic E-state index is 10.2. The lowest BCUT2D eigenvalue weighted by atomic mass is 10.1. The summed E-state index contributed by atoms with van der Waals surface area (Å²) in [6.07, 6.45) is -0.627. The van der Waals surface area contributed by atoms with Crippen LogP contribution in [0.4, 0.5) is 0 Å². The summed E-state index contributed by atoms with van der Waals surface area (Å²) < 4.78 is 0. The Balaban J connectivity index is 2.03. The lowest BCUT2D eigenvalue weighted by Gasteiger charge is -2.13. The minimum atomic E-state index is -0.627. The van der Waals surface area contributed by atoms with Crippen LogP contribution in [-0.2, 0) is 0 Å². The Morgan fingerprint density at radius 2 is 1.79 bits per heavy atom. The number of aliphatic hydroxyl groups is 1. The van der Waals surface area contributed by atoms with E-state index in [0.29, 0.717) is 21.4 Å². The van der Waals surface area contributed by atoms with Crippen molar-refractivity contribution < 1.29 is 5.11 Å². The molecule has 0 fully saturated rings. The Labute approximate surface area is 127 Å². The summed E-state index contributed by atoms with van der Waals surface area (Å²) in [5.41, 5.74) is 1.90. The first-order chi connectivity index (χ1) is 9.06.